The molecule has 1 aromatic heterocycles. The van der Waals surface area contributed by atoms with Gasteiger partial charge in [0.15, 0.2) is 0 Å². The molecule has 0 spiro atoms. The summed E-state index contributed by atoms with van der Waals surface area (Å²) in [6, 6.07) is 7.09. The van der Waals surface area contributed by atoms with Crippen LogP contribution in [-0.4, -0.2) is 23.8 Å². The molecule has 1 aliphatic rings. The van der Waals surface area contributed by atoms with Gasteiger partial charge in [0.1, 0.15) is 17.0 Å². The van der Waals surface area contributed by atoms with E-state index in [2.05, 4.69) is 0 Å². The van der Waals surface area contributed by atoms with Crippen molar-refractivity contribution in [2.45, 2.75) is 12.8 Å². The lowest BCUT2D eigenvalue weighted by molar-refractivity contribution is 0.300. The standard InChI is InChI=1S/C12H13BO4/c14-13(15)12-6-9-5-10(3-4-11(9)17-12)16-7-8-1-2-8/h3-6,8,14-15H,1-2,7H2. The first-order chi connectivity index (χ1) is 8.22. The van der Waals surface area contributed by atoms with Gasteiger partial charge >= 0.3 is 7.12 Å². The molecule has 0 aliphatic heterocycles. The fraction of sp³-hybridized carbons (Fsp3) is 0.333. The van der Waals surface area contributed by atoms with Crippen LogP contribution < -0.4 is 10.4 Å². The molecule has 17 heavy (non-hydrogen) atoms. The molecule has 1 heterocycles. The predicted octanol–water partition coefficient (Wildman–Crippen LogP) is 0.901. The van der Waals surface area contributed by atoms with Crippen molar-refractivity contribution in [2.75, 3.05) is 6.61 Å². The zero-order valence-electron chi connectivity index (χ0n) is 9.30. The van der Waals surface area contributed by atoms with E-state index in [1.807, 2.05) is 12.1 Å². The Balaban J connectivity index is 1.83. The number of furan rings is 1. The maximum Gasteiger partial charge on any atom is 0.526 e. The van der Waals surface area contributed by atoms with Gasteiger partial charge in [0.05, 0.1) is 6.61 Å². The van der Waals surface area contributed by atoms with Crippen LogP contribution in [0, 0.1) is 5.92 Å². The van der Waals surface area contributed by atoms with Crippen LogP contribution in [0.15, 0.2) is 28.7 Å². The lowest BCUT2D eigenvalue weighted by Crippen LogP contribution is -2.27. The summed E-state index contributed by atoms with van der Waals surface area (Å²) in [7, 11) is -1.57. The van der Waals surface area contributed by atoms with Crippen molar-refractivity contribution in [3.8, 4) is 5.75 Å². The van der Waals surface area contributed by atoms with Crippen LogP contribution in [0.3, 0.4) is 0 Å². The Kier molecular flexibility index (Phi) is 2.57. The first-order valence-corrected chi connectivity index (χ1v) is 5.75. The second kappa shape index (κ2) is 4.09. The third-order valence-electron chi connectivity index (χ3n) is 2.94. The lowest BCUT2D eigenvalue weighted by atomic mass is 9.88. The van der Waals surface area contributed by atoms with Gasteiger partial charge in [-0.25, -0.2) is 0 Å². The van der Waals surface area contributed by atoms with Gasteiger partial charge in [-0.2, -0.15) is 0 Å². The predicted molar refractivity (Wildman–Crippen MR) is 64.3 cm³/mol. The van der Waals surface area contributed by atoms with Crippen molar-refractivity contribution in [1.82, 2.24) is 0 Å². The number of hydrogen-bond acceptors (Lipinski definition) is 4. The normalized spacial score (nSPS) is 15.2. The van der Waals surface area contributed by atoms with E-state index in [0.29, 0.717) is 11.5 Å². The first kappa shape index (κ1) is 10.7. The summed E-state index contributed by atoms with van der Waals surface area (Å²) in [4.78, 5) is 0. The molecule has 1 fully saturated rings. The van der Waals surface area contributed by atoms with E-state index in [0.717, 1.165) is 17.7 Å². The Morgan fingerprint density at radius 1 is 1.29 bits per heavy atom. The van der Waals surface area contributed by atoms with Gasteiger partial charge in [0.25, 0.3) is 0 Å². The third-order valence-corrected chi connectivity index (χ3v) is 2.94. The minimum atomic E-state index is -1.57. The molecule has 0 saturated heterocycles. The van der Waals surface area contributed by atoms with E-state index >= 15 is 0 Å². The van der Waals surface area contributed by atoms with Crippen molar-refractivity contribution >= 4 is 23.7 Å². The smallest absolute Gasteiger partial charge is 0.493 e. The molecule has 0 radical (unpaired) electrons. The largest absolute Gasteiger partial charge is 0.526 e. The van der Waals surface area contributed by atoms with Gasteiger partial charge in [-0.3, -0.25) is 0 Å². The Hall–Kier alpha value is -1.46. The highest BCUT2D eigenvalue weighted by Gasteiger charge is 2.22. The van der Waals surface area contributed by atoms with Gasteiger partial charge in [0.2, 0.25) is 0 Å². The molecule has 0 amide bonds. The quantitative estimate of drug-likeness (QED) is 0.768. The van der Waals surface area contributed by atoms with Gasteiger partial charge in [-0.05, 0) is 43.0 Å². The monoisotopic (exact) mass is 232 g/mol. The first-order valence-electron chi connectivity index (χ1n) is 5.75. The van der Waals surface area contributed by atoms with Gasteiger partial charge in [0, 0.05) is 5.39 Å². The Morgan fingerprint density at radius 2 is 2.12 bits per heavy atom. The van der Waals surface area contributed by atoms with Crippen LogP contribution in [0.2, 0.25) is 0 Å². The van der Waals surface area contributed by atoms with E-state index in [9.17, 15) is 0 Å². The molecule has 5 heteroatoms. The summed E-state index contributed by atoms with van der Waals surface area (Å²) in [5, 5.41) is 18.8. The van der Waals surface area contributed by atoms with Gasteiger partial charge in [-0.15, -0.1) is 0 Å². The Morgan fingerprint density at radius 3 is 2.82 bits per heavy atom. The van der Waals surface area contributed by atoms with E-state index in [-0.39, 0.29) is 5.66 Å². The molecule has 0 atom stereocenters. The van der Waals surface area contributed by atoms with Crippen LogP contribution in [0.4, 0.5) is 0 Å². The second-order valence-corrected chi connectivity index (χ2v) is 4.48. The second-order valence-electron chi connectivity index (χ2n) is 4.48. The molecule has 0 unspecified atom stereocenters. The highest BCUT2D eigenvalue weighted by Crippen LogP contribution is 2.30. The SMILES string of the molecule is OB(O)c1cc2cc(OCC3CC3)ccc2o1. The number of ether oxygens (including phenoxy) is 1. The highest BCUT2D eigenvalue weighted by molar-refractivity contribution is 6.57. The summed E-state index contributed by atoms with van der Waals surface area (Å²) in [6.07, 6.45) is 2.52. The lowest BCUT2D eigenvalue weighted by Gasteiger charge is -2.03. The van der Waals surface area contributed by atoms with Crippen LogP contribution in [0.25, 0.3) is 11.0 Å². The van der Waals surface area contributed by atoms with E-state index < -0.39 is 7.12 Å². The Bertz CT molecular complexity index is 530. The summed E-state index contributed by atoms with van der Waals surface area (Å²) in [5.74, 6) is 1.51. The van der Waals surface area contributed by atoms with Gasteiger partial charge < -0.3 is 19.2 Å². The minimum absolute atomic E-state index is 0.152. The van der Waals surface area contributed by atoms with Crippen molar-refractivity contribution in [1.29, 1.82) is 0 Å². The fourth-order valence-corrected chi connectivity index (χ4v) is 1.76. The van der Waals surface area contributed by atoms with Crippen molar-refractivity contribution in [3.63, 3.8) is 0 Å². The fourth-order valence-electron chi connectivity index (χ4n) is 1.76. The summed E-state index contributed by atoms with van der Waals surface area (Å²) in [6.45, 7) is 0.763. The van der Waals surface area contributed by atoms with E-state index in [1.54, 1.807) is 12.1 Å². The van der Waals surface area contributed by atoms with Crippen LogP contribution in [0.1, 0.15) is 12.8 Å². The minimum Gasteiger partial charge on any atom is -0.493 e. The van der Waals surface area contributed by atoms with Crippen molar-refractivity contribution < 1.29 is 19.2 Å². The number of benzene rings is 1. The van der Waals surface area contributed by atoms with Crippen molar-refractivity contribution in [3.05, 3.63) is 24.3 Å². The zero-order chi connectivity index (χ0) is 11.8. The Labute approximate surface area is 99.0 Å². The molecule has 4 nitrogen and oxygen atoms in total. The zero-order valence-corrected chi connectivity index (χ0v) is 9.30. The average molecular weight is 232 g/mol. The van der Waals surface area contributed by atoms with E-state index in [4.69, 9.17) is 19.2 Å². The maximum absolute atomic E-state index is 9.01. The average Bonchev–Trinajstić information content (AvgIpc) is 3.03. The highest BCUT2D eigenvalue weighted by atomic mass is 16.5. The van der Waals surface area contributed by atoms with Crippen molar-refractivity contribution in [2.24, 2.45) is 5.92 Å². The molecule has 88 valence electrons. The molecular formula is C12H13BO4. The van der Waals surface area contributed by atoms with Crippen LogP contribution >= 0.6 is 0 Å². The van der Waals surface area contributed by atoms with Crippen LogP contribution in [-0.2, 0) is 0 Å². The number of rotatable bonds is 4. The molecule has 2 aromatic rings. The van der Waals surface area contributed by atoms with Gasteiger partial charge in [-0.1, -0.05) is 0 Å². The summed E-state index contributed by atoms with van der Waals surface area (Å²) in [5.41, 5.74) is 0.784. The molecule has 1 saturated carbocycles. The summed E-state index contributed by atoms with van der Waals surface area (Å²) >= 11 is 0. The van der Waals surface area contributed by atoms with Crippen LogP contribution in [0.5, 0.6) is 5.75 Å². The molecular weight excluding hydrogens is 219 g/mol. The third kappa shape index (κ3) is 2.30. The molecule has 3 rings (SSSR count). The molecule has 1 aliphatic carbocycles. The molecule has 2 N–H and O–H groups in total. The summed E-state index contributed by atoms with van der Waals surface area (Å²) < 4.78 is 10.9. The number of hydrogen-bond donors (Lipinski definition) is 2. The topological polar surface area (TPSA) is 62.8 Å². The molecule has 1 aromatic carbocycles. The van der Waals surface area contributed by atoms with E-state index in [1.165, 1.54) is 12.8 Å². The number of fused-ring (bicyclic) bond motifs is 1. The maximum atomic E-state index is 9.01. The molecule has 0 bridgehead atoms.